The molecule has 1 amide bonds. The Balaban J connectivity index is 1.85. The Morgan fingerprint density at radius 2 is 2.23 bits per heavy atom. The van der Waals surface area contributed by atoms with E-state index >= 15 is 0 Å². The summed E-state index contributed by atoms with van der Waals surface area (Å²) < 4.78 is 5.47. The first-order valence-corrected chi connectivity index (χ1v) is 7.67. The Morgan fingerprint density at radius 3 is 2.91 bits per heavy atom. The molecule has 0 unspecified atom stereocenters. The Hall–Kier alpha value is -2.13. The second-order valence-corrected chi connectivity index (χ2v) is 5.81. The molecule has 22 heavy (non-hydrogen) atoms. The largest absolute Gasteiger partial charge is 0.380 e. The van der Waals surface area contributed by atoms with Crippen molar-refractivity contribution in [1.29, 1.82) is 5.26 Å². The molecular weight excluding hydrogens is 280 g/mol. The van der Waals surface area contributed by atoms with Gasteiger partial charge in [-0.05, 0) is 25.0 Å². The molecule has 2 aliphatic rings. The van der Waals surface area contributed by atoms with Crippen LogP contribution in [0.4, 0.5) is 5.69 Å². The molecule has 0 N–H and O–H groups in total. The molecule has 2 aliphatic heterocycles. The summed E-state index contributed by atoms with van der Waals surface area (Å²) in [5.74, 6) is 0.173. The first-order chi connectivity index (χ1) is 10.7. The number of pyridine rings is 1. The van der Waals surface area contributed by atoms with E-state index < -0.39 is 0 Å². The lowest BCUT2D eigenvalue weighted by atomic mass is 10.1. The predicted molar refractivity (Wildman–Crippen MR) is 81.3 cm³/mol. The summed E-state index contributed by atoms with van der Waals surface area (Å²) in [6, 6.07) is 5.43. The molecule has 3 rings (SSSR count). The lowest BCUT2D eigenvalue weighted by molar-refractivity contribution is -0.131. The molecule has 3 heterocycles. The molecule has 0 bridgehead atoms. The zero-order valence-electron chi connectivity index (χ0n) is 12.7. The Kier molecular flexibility index (Phi) is 4.25. The zero-order valence-corrected chi connectivity index (χ0v) is 12.7. The number of carbonyl (C=O) groups excluding carboxylic acids is 1. The molecule has 0 aromatic carbocycles. The van der Waals surface area contributed by atoms with E-state index in [0.717, 1.165) is 31.6 Å². The average Bonchev–Trinajstić information content (AvgIpc) is 3.23. The van der Waals surface area contributed by atoms with Gasteiger partial charge in [0.05, 0.1) is 6.10 Å². The van der Waals surface area contributed by atoms with Crippen molar-refractivity contribution in [1.82, 2.24) is 9.88 Å². The lowest BCUT2D eigenvalue weighted by Crippen LogP contribution is -2.44. The second-order valence-electron chi connectivity index (χ2n) is 5.81. The topological polar surface area (TPSA) is 69.5 Å². The quantitative estimate of drug-likeness (QED) is 0.838. The smallest absolute Gasteiger partial charge is 0.245 e. The SMILES string of the molecule is CO[C@H]1C[C@@H](C(=O)N2CCCC2)N(c2ccnc(C#N)c2)C1. The minimum atomic E-state index is -0.211. The minimum Gasteiger partial charge on any atom is -0.380 e. The van der Waals surface area contributed by atoms with Crippen LogP contribution >= 0.6 is 0 Å². The van der Waals surface area contributed by atoms with Gasteiger partial charge in [-0.25, -0.2) is 4.98 Å². The summed E-state index contributed by atoms with van der Waals surface area (Å²) in [5, 5.41) is 9.02. The van der Waals surface area contributed by atoms with E-state index in [9.17, 15) is 4.79 Å². The molecule has 0 saturated carbocycles. The third-order valence-electron chi connectivity index (χ3n) is 4.49. The van der Waals surface area contributed by atoms with Gasteiger partial charge in [-0.1, -0.05) is 0 Å². The maximum absolute atomic E-state index is 12.8. The van der Waals surface area contributed by atoms with Gasteiger partial charge in [0, 0.05) is 45.0 Å². The van der Waals surface area contributed by atoms with Gasteiger partial charge in [-0.15, -0.1) is 0 Å². The van der Waals surface area contributed by atoms with Crippen LogP contribution < -0.4 is 4.90 Å². The highest BCUT2D eigenvalue weighted by molar-refractivity contribution is 5.86. The van der Waals surface area contributed by atoms with Crippen molar-refractivity contribution in [3.05, 3.63) is 24.0 Å². The van der Waals surface area contributed by atoms with Crippen LogP contribution in [0, 0.1) is 11.3 Å². The average molecular weight is 300 g/mol. The summed E-state index contributed by atoms with van der Waals surface area (Å²) in [5.41, 5.74) is 1.23. The molecule has 2 atom stereocenters. The molecule has 6 nitrogen and oxygen atoms in total. The van der Waals surface area contributed by atoms with Crippen LogP contribution in [0.1, 0.15) is 25.0 Å². The molecule has 0 spiro atoms. The Bertz CT molecular complexity index is 592. The first kappa shape index (κ1) is 14.8. The Labute approximate surface area is 130 Å². The highest BCUT2D eigenvalue weighted by Crippen LogP contribution is 2.29. The van der Waals surface area contributed by atoms with Crippen molar-refractivity contribution in [2.24, 2.45) is 0 Å². The van der Waals surface area contributed by atoms with Crippen molar-refractivity contribution in [3.8, 4) is 6.07 Å². The lowest BCUT2D eigenvalue weighted by Gasteiger charge is -2.29. The van der Waals surface area contributed by atoms with Crippen molar-refractivity contribution in [3.63, 3.8) is 0 Å². The first-order valence-electron chi connectivity index (χ1n) is 7.67. The molecular formula is C16H20N4O2. The van der Waals surface area contributed by atoms with E-state index in [4.69, 9.17) is 10.00 Å². The van der Waals surface area contributed by atoms with Crippen LogP contribution in [0.25, 0.3) is 0 Å². The van der Waals surface area contributed by atoms with Crippen LogP contribution in [0.2, 0.25) is 0 Å². The van der Waals surface area contributed by atoms with Crippen molar-refractivity contribution < 1.29 is 9.53 Å². The van der Waals surface area contributed by atoms with E-state index in [1.165, 1.54) is 0 Å². The van der Waals surface area contributed by atoms with Gasteiger partial charge < -0.3 is 14.5 Å². The number of likely N-dealkylation sites (tertiary alicyclic amines) is 1. The summed E-state index contributed by atoms with van der Waals surface area (Å²) in [7, 11) is 1.68. The summed E-state index contributed by atoms with van der Waals surface area (Å²) in [6.07, 6.45) is 4.51. The fourth-order valence-corrected chi connectivity index (χ4v) is 3.30. The van der Waals surface area contributed by atoms with Crippen molar-refractivity contribution in [2.75, 3.05) is 31.6 Å². The molecule has 2 fully saturated rings. The number of methoxy groups -OCH3 is 1. The van der Waals surface area contributed by atoms with Gasteiger partial charge >= 0.3 is 0 Å². The predicted octanol–water partition coefficient (Wildman–Crippen LogP) is 1.17. The van der Waals surface area contributed by atoms with E-state index in [0.29, 0.717) is 18.7 Å². The van der Waals surface area contributed by atoms with Crippen molar-refractivity contribution >= 4 is 11.6 Å². The highest BCUT2D eigenvalue weighted by Gasteiger charge is 2.39. The highest BCUT2D eigenvalue weighted by atomic mass is 16.5. The van der Waals surface area contributed by atoms with E-state index in [1.54, 1.807) is 19.4 Å². The van der Waals surface area contributed by atoms with E-state index in [1.807, 2.05) is 11.0 Å². The summed E-state index contributed by atoms with van der Waals surface area (Å²) in [6.45, 7) is 2.36. The third kappa shape index (κ3) is 2.77. The number of ether oxygens (including phenoxy) is 1. The maximum atomic E-state index is 12.8. The molecule has 2 saturated heterocycles. The standard InChI is InChI=1S/C16H20N4O2/c1-22-14-9-15(16(21)19-6-2-3-7-19)20(11-14)13-4-5-18-12(8-13)10-17/h4-5,8,14-15H,2-3,6-7,9,11H2,1H3/t14-,15-/m0/s1. The van der Waals surface area contributed by atoms with Crippen molar-refractivity contribution in [2.45, 2.75) is 31.4 Å². The molecule has 1 aromatic rings. The minimum absolute atomic E-state index is 0.0373. The van der Waals surface area contributed by atoms with Gasteiger partial charge in [0.15, 0.2) is 0 Å². The maximum Gasteiger partial charge on any atom is 0.245 e. The van der Waals surface area contributed by atoms with Crippen LogP contribution in [-0.2, 0) is 9.53 Å². The monoisotopic (exact) mass is 300 g/mol. The van der Waals surface area contributed by atoms with Gasteiger partial charge in [0.2, 0.25) is 5.91 Å². The number of carbonyl (C=O) groups is 1. The number of hydrogen-bond acceptors (Lipinski definition) is 5. The molecule has 116 valence electrons. The number of aromatic nitrogens is 1. The number of rotatable bonds is 3. The number of amides is 1. The number of anilines is 1. The van der Waals surface area contributed by atoms with Gasteiger partial charge in [-0.3, -0.25) is 4.79 Å². The normalized spacial score (nSPS) is 24.5. The van der Waals surface area contributed by atoms with Crippen LogP contribution in [0.5, 0.6) is 0 Å². The number of nitrogens with zero attached hydrogens (tertiary/aromatic N) is 4. The van der Waals surface area contributed by atoms with E-state index in [-0.39, 0.29) is 18.1 Å². The van der Waals surface area contributed by atoms with E-state index in [2.05, 4.69) is 16.0 Å². The molecule has 6 heteroatoms. The summed E-state index contributed by atoms with van der Waals surface area (Å²) in [4.78, 5) is 20.8. The summed E-state index contributed by atoms with van der Waals surface area (Å²) >= 11 is 0. The fraction of sp³-hybridized carbons (Fsp3) is 0.562. The van der Waals surface area contributed by atoms with Crippen LogP contribution in [0.15, 0.2) is 18.3 Å². The second kappa shape index (κ2) is 6.32. The van der Waals surface area contributed by atoms with Gasteiger partial charge in [0.25, 0.3) is 0 Å². The fourth-order valence-electron chi connectivity index (χ4n) is 3.30. The number of nitriles is 1. The molecule has 1 aromatic heterocycles. The number of hydrogen-bond donors (Lipinski definition) is 0. The van der Waals surface area contributed by atoms with Gasteiger partial charge in [0.1, 0.15) is 17.8 Å². The zero-order chi connectivity index (χ0) is 15.5. The molecule has 0 radical (unpaired) electrons. The van der Waals surface area contributed by atoms with Gasteiger partial charge in [-0.2, -0.15) is 5.26 Å². The van der Waals surface area contributed by atoms with Crippen LogP contribution in [0.3, 0.4) is 0 Å². The third-order valence-corrected chi connectivity index (χ3v) is 4.49. The van der Waals surface area contributed by atoms with Crippen LogP contribution in [-0.4, -0.2) is 54.7 Å². The Morgan fingerprint density at radius 1 is 1.45 bits per heavy atom. The molecule has 0 aliphatic carbocycles.